The van der Waals surface area contributed by atoms with E-state index in [1.807, 2.05) is 11.4 Å². The molecular weight excluding hydrogens is 400 g/mol. The molecule has 0 N–H and O–H groups in total. The Morgan fingerprint density at radius 1 is 1.18 bits per heavy atom. The van der Waals surface area contributed by atoms with Gasteiger partial charge in [0.1, 0.15) is 0 Å². The maximum absolute atomic E-state index is 12.4. The van der Waals surface area contributed by atoms with Crippen molar-refractivity contribution in [3.05, 3.63) is 51.7 Å². The van der Waals surface area contributed by atoms with Gasteiger partial charge in [-0.25, -0.2) is 13.2 Å². The molecule has 1 aromatic heterocycles. The first-order chi connectivity index (χ1) is 13.4. The molecule has 0 radical (unpaired) electrons. The molecule has 2 aromatic rings. The predicted octanol–water partition coefficient (Wildman–Crippen LogP) is 2.03. The molecule has 0 spiro atoms. The lowest BCUT2D eigenvalue weighted by Gasteiger charge is -2.26. The highest BCUT2D eigenvalue weighted by atomic mass is 32.2. The molecule has 0 aliphatic carbocycles. The summed E-state index contributed by atoms with van der Waals surface area (Å²) in [5.41, 5.74) is 1.82. The lowest BCUT2D eigenvalue weighted by Crippen LogP contribution is -2.38. The summed E-state index contributed by atoms with van der Waals surface area (Å²) in [6, 6.07) is 8.33. The number of hydrogen-bond donors (Lipinski definition) is 0. The largest absolute Gasteiger partial charge is 0.452 e. The summed E-state index contributed by atoms with van der Waals surface area (Å²) in [5.74, 6) is -0.763. The van der Waals surface area contributed by atoms with Crippen LogP contribution in [0.5, 0.6) is 0 Å². The summed E-state index contributed by atoms with van der Waals surface area (Å²) in [5, 5.41) is 2.02. The van der Waals surface area contributed by atoms with E-state index < -0.39 is 16.0 Å². The highest BCUT2D eigenvalue weighted by Gasteiger charge is 2.29. The quantitative estimate of drug-likeness (QED) is 0.707. The van der Waals surface area contributed by atoms with E-state index in [0.29, 0.717) is 31.7 Å². The van der Waals surface area contributed by atoms with E-state index in [1.54, 1.807) is 34.4 Å². The smallest absolute Gasteiger partial charge is 0.338 e. The number of hydrogen-bond acceptors (Lipinski definition) is 6. The molecule has 0 atom stereocenters. The van der Waals surface area contributed by atoms with Crippen LogP contribution in [0.15, 0.2) is 35.7 Å². The first-order valence-electron chi connectivity index (χ1n) is 9.05. The fourth-order valence-electron chi connectivity index (χ4n) is 3.48. The second-order valence-corrected chi connectivity index (χ2v) is 9.82. The lowest BCUT2D eigenvalue weighted by molar-refractivity contribution is -0.135. The van der Waals surface area contributed by atoms with Gasteiger partial charge >= 0.3 is 5.97 Å². The summed E-state index contributed by atoms with van der Waals surface area (Å²) in [6.45, 7) is 1.23. The average molecular weight is 421 g/mol. The Kier molecular flexibility index (Phi) is 5.11. The Hall–Kier alpha value is -2.39. The number of benzene rings is 1. The average Bonchev–Trinajstić information content (AvgIpc) is 3.30. The van der Waals surface area contributed by atoms with Crippen molar-refractivity contribution in [2.45, 2.75) is 19.4 Å². The van der Waals surface area contributed by atoms with Crippen LogP contribution in [0.25, 0.3) is 0 Å². The second-order valence-electron chi connectivity index (χ2n) is 6.80. The summed E-state index contributed by atoms with van der Waals surface area (Å²) in [6.07, 6.45) is 1.38. The number of amides is 1. The number of esters is 1. The number of nitrogens with zero attached hydrogens (tertiary/aromatic N) is 2. The first kappa shape index (κ1) is 18.9. The minimum atomic E-state index is -3.32. The van der Waals surface area contributed by atoms with Gasteiger partial charge in [0.2, 0.25) is 10.0 Å². The minimum Gasteiger partial charge on any atom is -0.452 e. The zero-order chi connectivity index (χ0) is 19.7. The van der Waals surface area contributed by atoms with Crippen LogP contribution in [0.1, 0.15) is 27.2 Å². The van der Waals surface area contributed by atoms with Gasteiger partial charge in [0.15, 0.2) is 6.61 Å². The van der Waals surface area contributed by atoms with E-state index in [0.717, 1.165) is 12.0 Å². The Morgan fingerprint density at radius 3 is 2.82 bits per heavy atom. The fraction of sp³-hybridized carbons (Fsp3) is 0.368. The zero-order valence-corrected chi connectivity index (χ0v) is 16.8. The van der Waals surface area contributed by atoms with Crippen LogP contribution in [0, 0.1) is 0 Å². The number of ether oxygens (including phenoxy) is 1. The number of anilines is 1. The summed E-state index contributed by atoms with van der Waals surface area (Å²) >= 11 is 1.70. The molecule has 1 aromatic carbocycles. The van der Waals surface area contributed by atoms with Gasteiger partial charge in [-0.3, -0.25) is 9.10 Å². The van der Waals surface area contributed by atoms with Crippen molar-refractivity contribution >= 4 is 38.9 Å². The molecule has 28 heavy (non-hydrogen) atoms. The van der Waals surface area contributed by atoms with Gasteiger partial charge in [-0.2, -0.15) is 0 Å². The molecule has 9 heteroatoms. The van der Waals surface area contributed by atoms with Gasteiger partial charge in [0.25, 0.3) is 5.91 Å². The molecule has 2 aliphatic heterocycles. The van der Waals surface area contributed by atoms with Crippen molar-refractivity contribution in [2.75, 3.05) is 29.8 Å². The van der Waals surface area contributed by atoms with Crippen molar-refractivity contribution in [2.24, 2.45) is 0 Å². The van der Waals surface area contributed by atoms with E-state index in [-0.39, 0.29) is 23.8 Å². The third-order valence-corrected chi connectivity index (χ3v) is 7.85. The van der Waals surface area contributed by atoms with Crippen LogP contribution in [-0.2, 0) is 32.5 Å². The molecule has 1 fully saturated rings. The molecule has 7 nitrogen and oxygen atoms in total. The van der Waals surface area contributed by atoms with Gasteiger partial charge < -0.3 is 9.64 Å². The van der Waals surface area contributed by atoms with E-state index in [1.165, 1.54) is 15.2 Å². The summed E-state index contributed by atoms with van der Waals surface area (Å²) in [4.78, 5) is 27.7. The molecule has 0 bridgehead atoms. The molecule has 1 saturated heterocycles. The standard InChI is InChI=1S/C19H20N2O5S2/c22-18(20-8-5-17-15(12-20)6-9-27-17)13-26-19(23)14-3-1-4-16(11-14)21-7-2-10-28(21,24)25/h1,3-4,6,9,11H,2,5,7-8,10,12-13H2. The number of carbonyl (C=O) groups excluding carboxylic acids is 2. The van der Waals surface area contributed by atoms with Gasteiger partial charge in [-0.15, -0.1) is 11.3 Å². The van der Waals surface area contributed by atoms with Crippen LogP contribution < -0.4 is 4.31 Å². The minimum absolute atomic E-state index is 0.109. The number of fused-ring (bicyclic) bond motifs is 1. The highest BCUT2D eigenvalue weighted by Crippen LogP contribution is 2.26. The molecule has 3 heterocycles. The van der Waals surface area contributed by atoms with E-state index in [9.17, 15) is 18.0 Å². The Balaban J connectivity index is 1.38. The van der Waals surface area contributed by atoms with E-state index in [2.05, 4.69) is 0 Å². The highest BCUT2D eigenvalue weighted by molar-refractivity contribution is 7.93. The third-order valence-electron chi connectivity index (χ3n) is 4.96. The molecule has 148 valence electrons. The van der Waals surface area contributed by atoms with Crippen LogP contribution in [0.2, 0.25) is 0 Å². The van der Waals surface area contributed by atoms with Crippen molar-refractivity contribution < 1.29 is 22.7 Å². The molecule has 0 unspecified atom stereocenters. The van der Waals surface area contributed by atoms with Crippen LogP contribution in [-0.4, -0.2) is 50.6 Å². The van der Waals surface area contributed by atoms with Crippen LogP contribution in [0.4, 0.5) is 5.69 Å². The van der Waals surface area contributed by atoms with Crippen molar-refractivity contribution in [1.29, 1.82) is 0 Å². The van der Waals surface area contributed by atoms with Crippen LogP contribution >= 0.6 is 11.3 Å². The normalized spacial score (nSPS) is 18.0. The number of rotatable bonds is 4. The SMILES string of the molecule is O=C(OCC(=O)N1CCc2sccc2C1)c1cccc(N2CCCS2(=O)=O)c1. The Morgan fingerprint density at radius 2 is 2.04 bits per heavy atom. The van der Waals surface area contributed by atoms with Crippen molar-refractivity contribution in [3.63, 3.8) is 0 Å². The maximum atomic E-state index is 12.4. The second kappa shape index (κ2) is 7.56. The lowest BCUT2D eigenvalue weighted by atomic mass is 10.1. The van der Waals surface area contributed by atoms with Gasteiger partial charge in [0.05, 0.1) is 17.0 Å². The predicted molar refractivity (Wildman–Crippen MR) is 106 cm³/mol. The Labute approximate surface area is 167 Å². The van der Waals surface area contributed by atoms with Gasteiger partial charge in [0, 0.05) is 24.5 Å². The number of sulfonamides is 1. The molecule has 2 aliphatic rings. The van der Waals surface area contributed by atoms with E-state index >= 15 is 0 Å². The first-order valence-corrected chi connectivity index (χ1v) is 11.5. The topological polar surface area (TPSA) is 84.0 Å². The molecule has 0 saturated carbocycles. The number of thiophene rings is 1. The molecule has 1 amide bonds. The number of carbonyl (C=O) groups is 2. The Bertz CT molecular complexity index is 1010. The van der Waals surface area contributed by atoms with Crippen molar-refractivity contribution in [1.82, 2.24) is 4.90 Å². The third kappa shape index (κ3) is 3.77. The van der Waals surface area contributed by atoms with E-state index in [4.69, 9.17) is 4.74 Å². The summed E-state index contributed by atoms with van der Waals surface area (Å²) in [7, 11) is -3.32. The zero-order valence-electron chi connectivity index (χ0n) is 15.2. The van der Waals surface area contributed by atoms with Crippen molar-refractivity contribution in [3.8, 4) is 0 Å². The van der Waals surface area contributed by atoms with Gasteiger partial charge in [-0.1, -0.05) is 6.07 Å². The maximum Gasteiger partial charge on any atom is 0.338 e. The molecular formula is C19H20N2O5S2. The summed E-state index contributed by atoms with van der Waals surface area (Å²) < 4.78 is 30.6. The monoisotopic (exact) mass is 420 g/mol. The van der Waals surface area contributed by atoms with Gasteiger partial charge in [-0.05, 0) is 48.1 Å². The fourth-order valence-corrected chi connectivity index (χ4v) is 5.93. The molecule has 4 rings (SSSR count). The van der Waals surface area contributed by atoms with Crippen LogP contribution in [0.3, 0.4) is 0 Å².